The van der Waals surface area contributed by atoms with Crippen LogP contribution in [0.4, 0.5) is 10.5 Å². The number of nitrogens with one attached hydrogen (secondary N) is 3. The minimum Gasteiger partial charge on any atom is -0.336 e. The zero-order chi connectivity index (χ0) is 21.8. The molecule has 4 aromatic rings. The summed E-state index contributed by atoms with van der Waals surface area (Å²) in [6.07, 6.45) is 3.36. The zero-order valence-corrected chi connectivity index (χ0v) is 17.2. The summed E-state index contributed by atoms with van der Waals surface area (Å²) >= 11 is 0. The van der Waals surface area contributed by atoms with Crippen LogP contribution in [-0.4, -0.2) is 32.9 Å². The molecule has 0 aliphatic rings. The largest absolute Gasteiger partial charge is 0.336 e. The molecule has 0 saturated carbocycles. The fourth-order valence-corrected chi connectivity index (χ4v) is 3.12. The Kier molecular flexibility index (Phi) is 5.61. The van der Waals surface area contributed by atoms with Crippen molar-refractivity contribution in [3.63, 3.8) is 0 Å². The van der Waals surface area contributed by atoms with E-state index in [9.17, 15) is 9.59 Å². The summed E-state index contributed by atoms with van der Waals surface area (Å²) in [5.41, 5.74) is 6.26. The molecule has 0 atom stereocenters. The highest BCUT2D eigenvalue weighted by Crippen LogP contribution is 2.25. The van der Waals surface area contributed by atoms with E-state index in [1.165, 1.54) is 4.79 Å². The summed E-state index contributed by atoms with van der Waals surface area (Å²) in [6, 6.07) is 18.2. The van der Waals surface area contributed by atoms with Gasteiger partial charge < -0.3 is 10.6 Å². The van der Waals surface area contributed by atoms with E-state index in [1.54, 1.807) is 36.7 Å². The quantitative estimate of drug-likeness (QED) is 0.459. The number of urea groups is 1. The molecule has 0 aliphatic carbocycles. The van der Waals surface area contributed by atoms with E-state index in [0.29, 0.717) is 16.9 Å². The van der Waals surface area contributed by atoms with Gasteiger partial charge in [-0.2, -0.15) is 9.89 Å². The molecule has 31 heavy (non-hydrogen) atoms. The topological polar surface area (TPSA) is 101 Å². The van der Waals surface area contributed by atoms with Crippen molar-refractivity contribution >= 4 is 28.7 Å². The van der Waals surface area contributed by atoms with Crippen molar-refractivity contribution < 1.29 is 9.59 Å². The summed E-state index contributed by atoms with van der Waals surface area (Å²) in [7, 11) is 0. The second kappa shape index (κ2) is 8.66. The molecular weight excluding hydrogens is 392 g/mol. The first-order valence-electron chi connectivity index (χ1n) is 9.88. The van der Waals surface area contributed by atoms with Crippen LogP contribution in [0.3, 0.4) is 0 Å². The summed E-state index contributed by atoms with van der Waals surface area (Å²) in [6.45, 7) is 3.80. The Hall–Kier alpha value is -4.20. The van der Waals surface area contributed by atoms with Crippen LogP contribution in [0.5, 0.6) is 0 Å². The van der Waals surface area contributed by atoms with E-state index in [4.69, 9.17) is 0 Å². The van der Waals surface area contributed by atoms with Gasteiger partial charge in [0.1, 0.15) is 0 Å². The number of amides is 3. The molecule has 2 aromatic heterocycles. The van der Waals surface area contributed by atoms with Gasteiger partial charge in [0, 0.05) is 34.4 Å². The molecule has 0 aliphatic heterocycles. The second-order valence-electron chi connectivity index (χ2n) is 7.33. The van der Waals surface area contributed by atoms with Gasteiger partial charge in [0.25, 0.3) is 5.91 Å². The fourth-order valence-electron chi connectivity index (χ4n) is 3.12. The third-order valence-corrected chi connectivity index (χ3v) is 4.53. The van der Waals surface area contributed by atoms with Crippen molar-refractivity contribution in [1.29, 1.82) is 0 Å². The number of aromatic nitrogens is 3. The van der Waals surface area contributed by atoms with Crippen LogP contribution in [-0.2, 0) is 0 Å². The summed E-state index contributed by atoms with van der Waals surface area (Å²) < 4.78 is 0. The van der Waals surface area contributed by atoms with Crippen LogP contribution in [0.1, 0.15) is 24.2 Å². The van der Waals surface area contributed by atoms with Gasteiger partial charge in [0.2, 0.25) is 0 Å². The number of anilines is 1. The predicted octanol–water partition coefficient (Wildman–Crippen LogP) is 4.01. The molecule has 8 nitrogen and oxygen atoms in total. The molecule has 4 rings (SSSR count). The van der Waals surface area contributed by atoms with Crippen LogP contribution < -0.4 is 16.1 Å². The molecule has 3 amide bonds. The van der Waals surface area contributed by atoms with Crippen LogP contribution in [0.2, 0.25) is 0 Å². The first-order chi connectivity index (χ1) is 15.0. The van der Waals surface area contributed by atoms with Gasteiger partial charge in [-0.3, -0.25) is 4.79 Å². The Bertz CT molecular complexity index is 1230. The standard InChI is InChI=1S/C23H22N6O2/c1-15(2)26-23(31)27-20-10-6-9-17(12-20)18-11-19-14-25-29(21(19)24-13-18)28-22(30)16-7-4-3-5-8-16/h3-15H,1-2H3,(H,28,30)(H2,26,27,31). The van der Waals surface area contributed by atoms with Gasteiger partial charge >= 0.3 is 6.03 Å². The molecule has 0 spiro atoms. The van der Waals surface area contributed by atoms with Crippen LogP contribution in [0.25, 0.3) is 22.2 Å². The Balaban J connectivity index is 1.55. The maximum absolute atomic E-state index is 12.4. The predicted molar refractivity (Wildman–Crippen MR) is 120 cm³/mol. The monoisotopic (exact) mass is 414 g/mol. The van der Waals surface area contributed by atoms with Gasteiger partial charge in [0.15, 0.2) is 5.65 Å². The average Bonchev–Trinajstić information content (AvgIpc) is 3.16. The van der Waals surface area contributed by atoms with Crippen molar-refractivity contribution in [3.8, 4) is 11.1 Å². The highest BCUT2D eigenvalue weighted by molar-refractivity contribution is 6.00. The lowest BCUT2D eigenvalue weighted by Gasteiger charge is -2.11. The number of benzene rings is 2. The molecule has 0 fully saturated rings. The molecule has 2 aromatic carbocycles. The van der Waals surface area contributed by atoms with Gasteiger partial charge in [0.05, 0.1) is 6.20 Å². The highest BCUT2D eigenvalue weighted by atomic mass is 16.2. The number of nitrogens with zero attached hydrogens (tertiary/aromatic N) is 3. The SMILES string of the molecule is CC(C)NC(=O)Nc1cccc(-c2cnc3c(cnn3NC(=O)c3ccccc3)c2)c1. The highest BCUT2D eigenvalue weighted by Gasteiger charge is 2.11. The Morgan fingerprint density at radius 1 is 0.935 bits per heavy atom. The zero-order valence-electron chi connectivity index (χ0n) is 17.2. The number of fused-ring (bicyclic) bond motifs is 1. The molecule has 0 saturated heterocycles. The number of pyridine rings is 1. The lowest BCUT2D eigenvalue weighted by atomic mass is 10.1. The third-order valence-electron chi connectivity index (χ3n) is 4.53. The lowest BCUT2D eigenvalue weighted by Crippen LogP contribution is -2.34. The first kappa shape index (κ1) is 20.1. The molecule has 8 heteroatoms. The minimum absolute atomic E-state index is 0.0497. The van der Waals surface area contributed by atoms with Crippen LogP contribution >= 0.6 is 0 Å². The van der Waals surface area contributed by atoms with E-state index < -0.39 is 0 Å². The average molecular weight is 414 g/mol. The molecular formula is C23H22N6O2. The van der Waals surface area contributed by atoms with Gasteiger partial charge in [-0.1, -0.05) is 30.3 Å². The van der Waals surface area contributed by atoms with E-state index in [-0.39, 0.29) is 18.0 Å². The van der Waals surface area contributed by atoms with E-state index in [0.717, 1.165) is 16.5 Å². The van der Waals surface area contributed by atoms with E-state index >= 15 is 0 Å². The molecule has 3 N–H and O–H groups in total. The van der Waals surface area contributed by atoms with Crippen molar-refractivity contribution in [1.82, 2.24) is 20.2 Å². The normalized spacial score (nSPS) is 10.8. The Labute approximate surface area is 179 Å². The third kappa shape index (κ3) is 4.69. The minimum atomic E-state index is -0.269. The number of hydrogen-bond acceptors (Lipinski definition) is 4. The number of hydrogen-bond donors (Lipinski definition) is 3. The lowest BCUT2D eigenvalue weighted by molar-refractivity contribution is 0.101. The van der Waals surface area contributed by atoms with Gasteiger partial charge in [-0.15, -0.1) is 0 Å². The second-order valence-corrected chi connectivity index (χ2v) is 7.33. The number of carbonyl (C=O) groups excluding carboxylic acids is 2. The molecule has 0 radical (unpaired) electrons. The van der Waals surface area contributed by atoms with Crippen molar-refractivity contribution in [2.75, 3.05) is 10.7 Å². The van der Waals surface area contributed by atoms with E-state index in [2.05, 4.69) is 26.1 Å². The first-order valence-corrected chi connectivity index (χ1v) is 9.88. The van der Waals surface area contributed by atoms with Crippen LogP contribution in [0, 0.1) is 0 Å². The van der Waals surface area contributed by atoms with E-state index in [1.807, 2.05) is 50.2 Å². The Morgan fingerprint density at radius 3 is 2.52 bits per heavy atom. The molecule has 156 valence electrons. The molecule has 0 bridgehead atoms. The maximum atomic E-state index is 12.4. The van der Waals surface area contributed by atoms with Gasteiger partial charge in [-0.25, -0.2) is 15.2 Å². The Morgan fingerprint density at radius 2 is 1.74 bits per heavy atom. The molecule has 0 unspecified atom stereocenters. The van der Waals surface area contributed by atoms with Gasteiger partial charge in [-0.05, 0) is 49.7 Å². The maximum Gasteiger partial charge on any atom is 0.319 e. The van der Waals surface area contributed by atoms with Crippen molar-refractivity contribution in [3.05, 3.63) is 78.6 Å². The van der Waals surface area contributed by atoms with Crippen molar-refractivity contribution in [2.24, 2.45) is 0 Å². The smallest absolute Gasteiger partial charge is 0.319 e. The van der Waals surface area contributed by atoms with Crippen molar-refractivity contribution in [2.45, 2.75) is 19.9 Å². The number of rotatable bonds is 5. The molecule has 2 heterocycles. The fraction of sp³-hybridized carbons (Fsp3) is 0.130. The summed E-state index contributed by atoms with van der Waals surface area (Å²) in [5.74, 6) is -0.269. The number of carbonyl (C=O) groups is 2. The summed E-state index contributed by atoms with van der Waals surface area (Å²) in [5, 5.41) is 10.6. The van der Waals surface area contributed by atoms with Crippen LogP contribution in [0.15, 0.2) is 73.1 Å². The summed E-state index contributed by atoms with van der Waals surface area (Å²) in [4.78, 5) is 30.2.